The van der Waals surface area contributed by atoms with Crippen LogP contribution in [0, 0.1) is 10.1 Å². The number of H-pyrrole nitrogens is 1. The van der Waals surface area contributed by atoms with Crippen molar-refractivity contribution in [2.24, 2.45) is 5.10 Å². The van der Waals surface area contributed by atoms with E-state index in [4.69, 9.17) is 0 Å². The Morgan fingerprint density at radius 1 is 1.35 bits per heavy atom. The average Bonchev–Trinajstić information content (AvgIpc) is 2.46. The molecule has 120 valence electrons. The van der Waals surface area contributed by atoms with Gasteiger partial charge in [0.05, 0.1) is 11.1 Å². The minimum atomic E-state index is -0.487. The van der Waals surface area contributed by atoms with Crippen molar-refractivity contribution in [3.05, 3.63) is 56.0 Å². The molecule has 0 bridgehead atoms. The molecule has 2 aromatic rings. The van der Waals surface area contributed by atoms with E-state index < -0.39 is 10.3 Å². The Balaban J connectivity index is 2.12. The molecule has 0 amide bonds. The van der Waals surface area contributed by atoms with Crippen molar-refractivity contribution in [3.8, 4) is 0 Å². The van der Waals surface area contributed by atoms with E-state index >= 15 is 0 Å². The number of nitrogens with one attached hydrogen (secondary N) is 2. The van der Waals surface area contributed by atoms with Crippen molar-refractivity contribution in [3.63, 3.8) is 0 Å². The van der Waals surface area contributed by atoms with Gasteiger partial charge in [0, 0.05) is 23.1 Å². The number of anilines is 1. The number of benzene rings is 1. The van der Waals surface area contributed by atoms with E-state index in [0.717, 1.165) is 0 Å². The van der Waals surface area contributed by atoms with Gasteiger partial charge in [0.15, 0.2) is 0 Å². The molecule has 0 unspecified atom stereocenters. The van der Waals surface area contributed by atoms with E-state index in [1.807, 2.05) is 20.8 Å². The quantitative estimate of drug-likeness (QED) is 0.503. The van der Waals surface area contributed by atoms with Crippen molar-refractivity contribution in [1.29, 1.82) is 0 Å². The molecule has 0 aliphatic heterocycles. The number of hydrogen-bond donors (Lipinski definition) is 2. The second-order valence-corrected chi connectivity index (χ2v) is 5.82. The minimum absolute atomic E-state index is 0.0309. The smallest absolute Gasteiger partial charge is 0.274 e. The fraction of sp³-hybridized carbons (Fsp3) is 0.286. The third kappa shape index (κ3) is 4.19. The Bertz CT molecular complexity index is 807. The fourth-order valence-corrected chi connectivity index (χ4v) is 1.76. The molecular formula is C14H16N6O3. The maximum Gasteiger partial charge on any atom is 0.274 e. The van der Waals surface area contributed by atoms with Gasteiger partial charge in [-0.3, -0.25) is 19.9 Å². The number of non-ortho nitro benzene ring substituents is 1. The molecule has 9 heteroatoms. The van der Waals surface area contributed by atoms with Gasteiger partial charge >= 0.3 is 0 Å². The number of hydrogen-bond acceptors (Lipinski definition) is 7. The number of rotatable bonds is 4. The van der Waals surface area contributed by atoms with Crippen LogP contribution in [0.5, 0.6) is 0 Å². The molecule has 1 aromatic heterocycles. The third-order valence-corrected chi connectivity index (χ3v) is 2.87. The van der Waals surface area contributed by atoms with Crippen LogP contribution in [-0.2, 0) is 5.41 Å². The molecule has 0 atom stereocenters. The fourth-order valence-electron chi connectivity index (χ4n) is 1.76. The molecule has 0 saturated carbocycles. The van der Waals surface area contributed by atoms with Crippen LogP contribution in [0.2, 0.25) is 0 Å². The van der Waals surface area contributed by atoms with Crippen LogP contribution in [0.1, 0.15) is 32.0 Å². The molecule has 1 aromatic carbocycles. The Kier molecular flexibility index (Phi) is 4.49. The number of nitro benzene ring substituents is 1. The van der Waals surface area contributed by atoms with Crippen LogP contribution in [0.25, 0.3) is 0 Å². The van der Waals surface area contributed by atoms with Gasteiger partial charge in [0.1, 0.15) is 5.69 Å². The van der Waals surface area contributed by atoms with Gasteiger partial charge in [0.2, 0.25) is 5.95 Å². The van der Waals surface area contributed by atoms with Crippen LogP contribution < -0.4 is 11.0 Å². The highest BCUT2D eigenvalue weighted by Crippen LogP contribution is 2.15. The van der Waals surface area contributed by atoms with Crippen molar-refractivity contribution >= 4 is 17.9 Å². The maximum absolute atomic E-state index is 11.9. The number of hydrazone groups is 1. The first-order chi connectivity index (χ1) is 10.8. The largest absolute Gasteiger partial charge is 0.288 e. The van der Waals surface area contributed by atoms with Gasteiger partial charge in [-0.15, -0.1) is 10.2 Å². The number of nitrogens with zero attached hydrogens (tertiary/aromatic N) is 4. The zero-order valence-corrected chi connectivity index (χ0v) is 12.9. The zero-order valence-electron chi connectivity index (χ0n) is 12.9. The first kappa shape index (κ1) is 16.3. The van der Waals surface area contributed by atoms with E-state index in [-0.39, 0.29) is 17.2 Å². The summed E-state index contributed by atoms with van der Waals surface area (Å²) in [7, 11) is 0. The van der Waals surface area contributed by atoms with Crippen molar-refractivity contribution in [2.75, 3.05) is 5.43 Å². The molecule has 9 nitrogen and oxygen atoms in total. The normalized spacial score (nSPS) is 11.6. The van der Waals surface area contributed by atoms with Crippen LogP contribution in [0.15, 0.2) is 34.2 Å². The lowest BCUT2D eigenvalue weighted by Gasteiger charge is -2.15. The summed E-state index contributed by atoms with van der Waals surface area (Å²) >= 11 is 0. The molecule has 2 rings (SSSR count). The molecule has 0 fully saturated rings. The Morgan fingerprint density at radius 3 is 2.70 bits per heavy atom. The van der Waals surface area contributed by atoms with Gasteiger partial charge in [-0.1, -0.05) is 32.9 Å². The summed E-state index contributed by atoms with van der Waals surface area (Å²) in [5.74, 6) is 0.0877. The average molecular weight is 316 g/mol. The molecule has 0 radical (unpaired) electrons. The van der Waals surface area contributed by atoms with Crippen LogP contribution in [0.3, 0.4) is 0 Å². The molecule has 23 heavy (non-hydrogen) atoms. The van der Waals surface area contributed by atoms with Crippen LogP contribution in [-0.4, -0.2) is 26.3 Å². The SMILES string of the molecule is CC(C)(C)c1nnc(NN=Cc2cccc([N+](=O)[O-])c2)[nH]c1=O. The molecule has 0 aliphatic rings. The highest BCUT2D eigenvalue weighted by molar-refractivity contribution is 5.81. The molecule has 0 aliphatic carbocycles. The van der Waals surface area contributed by atoms with Gasteiger partial charge < -0.3 is 0 Å². The van der Waals surface area contributed by atoms with E-state index in [2.05, 4.69) is 25.7 Å². The second kappa shape index (κ2) is 6.34. The predicted octanol–water partition coefficient (Wildman–Crippen LogP) is 1.82. The predicted molar refractivity (Wildman–Crippen MR) is 85.7 cm³/mol. The minimum Gasteiger partial charge on any atom is -0.288 e. The van der Waals surface area contributed by atoms with Crippen molar-refractivity contribution in [2.45, 2.75) is 26.2 Å². The van der Waals surface area contributed by atoms with Gasteiger partial charge in [-0.05, 0) is 0 Å². The summed E-state index contributed by atoms with van der Waals surface area (Å²) in [5, 5.41) is 22.3. The molecular weight excluding hydrogens is 300 g/mol. The van der Waals surface area contributed by atoms with Gasteiger partial charge in [-0.25, -0.2) is 5.43 Å². The van der Waals surface area contributed by atoms with E-state index in [1.165, 1.54) is 18.3 Å². The number of aromatic nitrogens is 3. The second-order valence-electron chi connectivity index (χ2n) is 5.82. The lowest BCUT2D eigenvalue weighted by molar-refractivity contribution is -0.384. The molecule has 2 N–H and O–H groups in total. The maximum atomic E-state index is 11.9. The summed E-state index contributed by atoms with van der Waals surface area (Å²) in [6.45, 7) is 5.58. The van der Waals surface area contributed by atoms with Gasteiger partial charge in [0.25, 0.3) is 11.2 Å². The van der Waals surface area contributed by atoms with E-state index in [9.17, 15) is 14.9 Å². The lowest BCUT2D eigenvalue weighted by Crippen LogP contribution is -2.28. The monoisotopic (exact) mass is 316 g/mol. The van der Waals surface area contributed by atoms with E-state index in [0.29, 0.717) is 11.3 Å². The van der Waals surface area contributed by atoms with Crippen molar-refractivity contribution < 1.29 is 4.92 Å². The molecule has 0 spiro atoms. The van der Waals surface area contributed by atoms with Crippen LogP contribution in [0.4, 0.5) is 11.6 Å². The van der Waals surface area contributed by atoms with Crippen molar-refractivity contribution in [1.82, 2.24) is 15.2 Å². The zero-order chi connectivity index (χ0) is 17.0. The standard InChI is InChI=1S/C14H16N6O3/c1-14(2,3)11-12(21)16-13(19-17-11)18-15-8-9-5-4-6-10(7-9)20(22)23/h4-8H,1-3H3,(H2,16,18,19,21). The van der Waals surface area contributed by atoms with Gasteiger partial charge in [-0.2, -0.15) is 5.10 Å². The lowest BCUT2D eigenvalue weighted by atomic mass is 9.93. The van der Waals surface area contributed by atoms with Crippen LogP contribution >= 0.6 is 0 Å². The topological polar surface area (TPSA) is 126 Å². The summed E-state index contributed by atoms with van der Waals surface area (Å²) < 4.78 is 0. The highest BCUT2D eigenvalue weighted by atomic mass is 16.6. The first-order valence-electron chi connectivity index (χ1n) is 6.78. The molecule has 1 heterocycles. The number of aromatic amines is 1. The summed E-state index contributed by atoms with van der Waals surface area (Å²) in [6, 6.07) is 5.98. The summed E-state index contributed by atoms with van der Waals surface area (Å²) in [6.07, 6.45) is 1.38. The molecule has 0 saturated heterocycles. The Hall–Kier alpha value is -3.10. The highest BCUT2D eigenvalue weighted by Gasteiger charge is 2.20. The summed E-state index contributed by atoms with van der Waals surface area (Å²) in [4.78, 5) is 24.6. The Labute approximate surface area is 131 Å². The summed E-state index contributed by atoms with van der Waals surface area (Å²) in [5.41, 5.74) is 2.60. The first-order valence-corrected chi connectivity index (χ1v) is 6.78. The Morgan fingerprint density at radius 2 is 2.09 bits per heavy atom. The third-order valence-electron chi connectivity index (χ3n) is 2.87. The van der Waals surface area contributed by atoms with E-state index in [1.54, 1.807) is 12.1 Å². The number of nitro groups is 1.